The van der Waals surface area contributed by atoms with Gasteiger partial charge in [0, 0.05) is 10.2 Å². The maximum atomic E-state index is 13.2. The van der Waals surface area contributed by atoms with E-state index in [0.29, 0.717) is 21.0 Å². The Morgan fingerprint density at radius 2 is 1.60 bits per heavy atom. The molecule has 0 aliphatic heterocycles. The van der Waals surface area contributed by atoms with Gasteiger partial charge >= 0.3 is 0 Å². The lowest BCUT2D eigenvalue weighted by Crippen LogP contribution is -2.20. The van der Waals surface area contributed by atoms with Gasteiger partial charge in [0.25, 0.3) is 0 Å². The topological polar surface area (TPSA) is 24.1 Å². The third kappa shape index (κ3) is 3.74. The highest BCUT2D eigenvalue weighted by atomic mass is 79.9. The number of hydrogen-bond acceptors (Lipinski definition) is 1. The molecule has 104 valence electrons. The fraction of sp³-hybridized carbons (Fsp3) is 0.0714. The highest BCUT2D eigenvalue weighted by molar-refractivity contribution is 9.10. The van der Waals surface area contributed by atoms with Crippen LogP contribution in [0.4, 0.5) is 20.2 Å². The van der Waals surface area contributed by atoms with Crippen molar-refractivity contribution in [3.8, 4) is 0 Å². The van der Waals surface area contributed by atoms with Gasteiger partial charge in [-0.2, -0.15) is 0 Å². The molecular weight excluding hydrogens is 346 g/mol. The molecule has 0 atom stereocenters. The van der Waals surface area contributed by atoms with E-state index in [1.54, 1.807) is 12.1 Å². The molecule has 0 aliphatic carbocycles. The number of nitrogens with one attached hydrogen (secondary N) is 2. The Bertz CT molecular complexity index is 662. The molecule has 20 heavy (non-hydrogen) atoms. The van der Waals surface area contributed by atoms with Crippen LogP contribution >= 0.6 is 28.1 Å². The van der Waals surface area contributed by atoms with Crippen LogP contribution < -0.4 is 10.6 Å². The number of rotatable bonds is 2. The lowest BCUT2D eigenvalue weighted by Gasteiger charge is -2.13. The first kappa shape index (κ1) is 14.9. The Morgan fingerprint density at radius 1 is 1.00 bits per heavy atom. The van der Waals surface area contributed by atoms with E-state index in [2.05, 4.69) is 26.6 Å². The van der Waals surface area contributed by atoms with Gasteiger partial charge < -0.3 is 10.6 Å². The Kier molecular flexibility index (Phi) is 4.67. The summed E-state index contributed by atoms with van der Waals surface area (Å²) in [6.07, 6.45) is 0. The van der Waals surface area contributed by atoms with Gasteiger partial charge in [0.15, 0.2) is 5.11 Å². The van der Waals surface area contributed by atoms with Gasteiger partial charge in [0.05, 0.1) is 5.69 Å². The molecule has 0 spiro atoms. The summed E-state index contributed by atoms with van der Waals surface area (Å²) >= 11 is 8.39. The van der Waals surface area contributed by atoms with Crippen molar-refractivity contribution in [3.63, 3.8) is 0 Å². The average Bonchev–Trinajstić information content (AvgIpc) is 2.37. The summed E-state index contributed by atoms with van der Waals surface area (Å²) in [5, 5.41) is 6.12. The summed E-state index contributed by atoms with van der Waals surface area (Å²) in [6.45, 7) is 1.85. The molecule has 0 fully saturated rings. The largest absolute Gasteiger partial charge is 0.332 e. The summed E-state index contributed by atoms with van der Waals surface area (Å²) in [5.41, 5.74) is 2.08. The monoisotopic (exact) mass is 356 g/mol. The van der Waals surface area contributed by atoms with Gasteiger partial charge in [-0.3, -0.25) is 0 Å². The number of halogens is 3. The van der Waals surface area contributed by atoms with Gasteiger partial charge in [0.1, 0.15) is 11.6 Å². The van der Waals surface area contributed by atoms with Gasteiger partial charge in [0.2, 0.25) is 0 Å². The van der Waals surface area contributed by atoms with Crippen molar-refractivity contribution in [3.05, 3.63) is 58.1 Å². The van der Waals surface area contributed by atoms with Crippen molar-refractivity contribution in [2.24, 2.45) is 0 Å². The number of aryl methyl sites for hydroxylation is 1. The third-order valence-electron chi connectivity index (χ3n) is 2.63. The molecule has 6 heteroatoms. The molecule has 2 N–H and O–H groups in total. The molecule has 0 saturated carbocycles. The van der Waals surface area contributed by atoms with Crippen molar-refractivity contribution < 1.29 is 8.78 Å². The van der Waals surface area contributed by atoms with Crippen LogP contribution in [0.5, 0.6) is 0 Å². The van der Waals surface area contributed by atoms with Crippen molar-refractivity contribution in [2.75, 3.05) is 10.6 Å². The lowest BCUT2D eigenvalue weighted by molar-refractivity contribution is 0.627. The molecule has 0 heterocycles. The summed E-state index contributed by atoms with van der Waals surface area (Å²) in [6, 6.07) is 8.62. The van der Waals surface area contributed by atoms with Crippen LogP contribution in [0.15, 0.2) is 40.9 Å². The highest BCUT2D eigenvalue weighted by Gasteiger charge is 2.06. The minimum Gasteiger partial charge on any atom is -0.332 e. The third-order valence-corrected chi connectivity index (χ3v) is 3.49. The second-order valence-corrected chi connectivity index (χ2v) is 5.43. The molecule has 0 saturated heterocycles. The number of benzene rings is 2. The van der Waals surface area contributed by atoms with E-state index in [9.17, 15) is 8.78 Å². The molecule has 2 aromatic carbocycles. The van der Waals surface area contributed by atoms with Crippen molar-refractivity contribution in [1.29, 1.82) is 0 Å². The van der Waals surface area contributed by atoms with Crippen molar-refractivity contribution >= 4 is 44.6 Å². The van der Waals surface area contributed by atoms with E-state index in [1.165, 1.54) is 24.3 Å². The van der Waals surface area contributed by atoms with E-state index < -0.39 is 0 Å². The fourth-order valence-electron chi connectivity index (χ4n) is 1.60. The molecule has 0 aliphatic rings. The van der Waals surface area contributed by atoms with Gasteiger partial charge in [-0.25, -0.2) is 8.78 Å². The maximum absolute atomic E-state index is 13.2. The zero-order valence-electron chi connectivity index (χ0n) is 10.5. The minimum atomic E-state index is -0.345. The first-order valence-corrected chi connectivity index (χ1v) is 6.95. The second kappa shape index (κ2) is 6.28. The van der Waals surface area contributed by atoms with Crippen LogP contribution in [0.25, 0.3) is 0 Å². The minimum absolute atomic E-state index is 0.297. The lowest BCUT2D eigenvalue weighted by atomic mass is 10.2. The zero-order chi connectivity index (χ0) is 14.7. The standard InChI is InChI=1S/C14H11BrF2N2S/c1-8-2-3-10(17)7-13(8)19-14(20)18-12-5-4-9(16)6-11(12)15/h2-7H,1H3,(H2,18,19,20). The van der Waals surface area contributed by atoms with Gasteiger partial charge in [-0.15, -0.1) is 0 Å². The Labute approximate surface area is 129 Å². The van der Waals surface area contributed by atoms with Crippen LogP contribution in [0.3, 0.4) is 0 Å². The Hall–Kier alpha value is -1.53. The molecule has 0 aromatic heterocycles. The van der Waals surface area contributed by atoms with E-state index in [1.807, 2.05) is 6.92 Å². The zero-order valence-corrected chi connectivity index (χ0v) is 12.9. The van der Waals surface area contributed by atoms with E-state index in [0.717, 1.165) is 5.56 Å². The maximum Gasteiger partial charge on any atom is 0.175 e. The average molecular weight is 357 g/mol. The number of thiocarbonyl (C=S) groups is 1. The number of hydrogen-bond donors (Lipinski definition) is 2. The summed E-state index contributed by atoms with van der Waals surface area (Å²) in [5.74, 6) is -0.689. The van der Waals surface area contributed by atoms with Crippen LogP contribution in [-0.4, -0.2) is 5.11 Å². The Balaban J connectivity index is 2.11. The molecular formula is C14H11BrF2N2S. The van der Waals surface area contributed by atoms with Crippen LogP contribution in [0.2, 0.25) is 0 Å². The molecule has 2 aromatic rings. The Morgan fingerprint density at radius 3 is 2.30 bits per heavy atom. The molecule has 0 unspecified atom stereocenters. The van der Waals surface area contributed by atoms with Gasteiger partial charge in [-0.1, -0.05) is 6.07 Å². The summed E-state index contributed by atoms with van der Waals surface area (Å²) in [7, 11) is 0. The predicted molar refractivity (Wildman–Crippen MR) is 85.1 cm³/mol. The number of anilines is 2. The smallest absolute Gasteiger partial charge is 0.175 e. The van der Waals surface area contributed by atoms with E-state index in [-0.39, 0.29) is 11.6 Å². The van der Waals surface area contributed by atoms with Crippen molar-refractivity contribution in [2.45, 2.75) is 6.92 Å². The molecule has 0 bridgehead atoms. The second-order valence-electron chi connectivity index (χ2n) is 4.16. The molecule has 0 radical (unpaired) electrons. The highest BCUT2D eigenvalue weighted by Crippen LogP contribution is 2.23. The van der Waals surface area contributed by atoms with Gasteiger partial charge in [-0.05, 0) is 71.0 Å². The van der Waals surface area contributed by atoms with Crippen molar-refractivity contribution in [1.82, 2.24) is 0 Å². The first-order valence-electron chi connectivity index (χ1n) is 5.75. The fourth-order valence-corrected chi connectivity index (χ4v) is 2.27. The van der Waals surface area contributed by atoms with Crippen LogP contribution in [-0.2, 0) is 0 Å². The first-order chi connectivity index (χ1) is 9.45. The van der Waals surface area contributed by atoms with Crippen LogP contribution in [0.1, 0.15) is 5.56 Å². The SMILES string of the molecule is Cc1ccc(F)cc1NC(=S)Nc1ccc(F)cc1Br. The summed E-state index contributed by atoms with van der Waals surface area (Å²) < 4.78 is 26.7. The molecule has 2 rings (SSSR count). The summed E-state index contributed by atoms with van der Waals surface area (Å²) in [4.78, 5) is 0. The predicted octanol–water partition coefficient (Wildman–Crippen LogP) is 4.84. The van der Waals surface area contributed by atoms with E-state index >= 15 is 0 Å². The quantitative estimate of drug-likeness (QED) is 0.752. The molecule has 2 nitrogen and oxygen atoms in total. The van der Waals surface area contributed by atoms with E-state index in [4.69, 9.17) is 12.2 Å². The van der Waals surface area contributed by atoms with Crippen LogP contribution in [0, 0.1) is 18.6 Å². The normalized spacial score (nSPS) is 10.2. The molecule has 0 amide bonds.